The number of hydrogen-bond acceptors (Lipinski definition) is 4. The number of H-pyrrole nitrogens is 1. The Morgan fingerprint density at radius 3 is 2.81 bits per heavy atom. The lowest BCUT2D eigenvalue weighted by Gasteiger charge is -2.33. The lowest BCUT2D eigenvalue weighted by Crippen LogP contribution is -2.36. The van der Waals surface area contributed by atoms with Crippen molar-refractivity contribution < 1.29 is 0 Å². The molecule has 1 atom stereocenters. The van der Waals surface area contributed by atoms with E-state index in [0.717, 1.165) is 30.4 Å². The molecular weight excluding hydrogens is 338 g/mol. The van der Waals surface area contributed by atoms with Crippen molar-refractivity contribution in [1.82, 2.24) is 24.6 Å². The fourth-order valence-electron chi connectivity index (χ4n) is 4.65. The highest BCUT2D eigenvalue weighted by atomic mass is 16.2. The molecule has 0 aromatic carbocycles. The lowest BCUT2D eigenvalue weighted by molar-refractivity contribution is 0.182. The molecule has 27 heavy (non-hydrogen) atoms. The zero-order chi connectivity index (χ0) is 18.6. The Labute approximate surface area is 161 Å². The van der Waals surface area contributed by atoms with Crippen LogP contribution >= 0.6 is 0 Å². The molecule has 2 aromatic heterocycles. The predicted molar refractivity (Wildman–Crippen MR) is 106 cm³/mol. The summed E-state index contributed by atoms with van der Waals surface area (Å²) in [6.07, 6.45) is 10.7. The molecular formula is C21H31N5O. The minimum Gasteiger partial charge on any atom is -0.303 e. The molecule has 0 spiro atoms. The maximum Gasteiger partial charge on any atom is 0.349 e. The van der Waals surface area contributed by atoms with Gasteiger partial charge in [-0.25, -0.2) is 9.78 Å². The highest BCUT2D eigenvalue weighted by Crippen LogP contribution is 2.28. The number of hydrogen-bond donors (Lipinski definition) is 1. The second-order valence-corrected chi connectivity index (χ2v) is 8.30. The quantitative estimate of drug-likeness (QED) is 0.877. The minimum atomic E-state index is -0.192. The third-order valence-corrected chi connectivity index (χ3v) is 6.20. The fourth-order valence-corrected chi connectivity index (χ4v) is 4.65. The third-order valence-electron chi connectivity index (χ3n) is 6.20. The summed E-state index contributed by atoms with van der Waals surface area (Å²) in [5.74, 6) is 2.63. The number of pyridine rings is 1. The molecule has 2 aliphatic rings. The van der Waals surface area contributed by atoms with Gasteiger partial charge in [-0.1, -0.05) is 38.2 Å². The molecule has 3 heterocycles. The zero-order valence-electron chi connectivity index (χ0n) is 16.4. The largest absolute Gasteiger partial charge is 0.349 e. The van der Waals surface area contributed by atoms with Crippen LogP contribution in [-0.4, -0.2) is 44.3 Å². The van der Waals surface area contributed by atoms with Gasteiger partial charge in [0.25, 0.3) is 0 Å². The van der Waals surface area contributed by atoms with Crippen molar-refractivity contribution in [2.45, 2.75) is 64.2 Å². The van der Waals surface area contributed by atoms with Gasteiger partial charge in [0.2, 0.25) is 0 Å². The smallest absolute Gasteiger partial charge is 0.303 e. The standard InChI is InChI=1S/C21H31N5O/c1-16-7-5-11-19(22-16)26-21(27)23-20(24-26)18-10-6-13-25(15-18)14-12-17-8-3-2-4-9-17/h5,7,11,17-18H,2-4,6,8-10,12-15H2,1H3,(H,23,24,27)/t18-/m0/s1. The van der Waals surface area contributed by atoms with Crippen LogP contribution in [0.4, 0.5) is 0 Å². The molecule has 4 rings (SSSR count). The van der Waals surface area contributed by atoms with Crippen molar-refractivity contribution in [3.63, 3.8) is 0 Å². The van der Waals surface area contributed by atoms with Gasteiger partial charge < -0.3 is 4.90 Å². The van der Waals surface area contributed by atoms with Gasteiger partial charge in [0, 0.05) is 18.2 Å². The molecule has 1 N–H and O–H groups in total. The summed E-state index contributed by atoms with van der Waals surface area (Å²) >= 11 is 0. The van der Waals surface area contributed by atoms with E-state index in [1.165, 1.54) is 62.7 Å². The molecule has 0 amide bonds. The first-order chi connectivity index (χ1) is 13.2. The van der Waals surface area contributed by atoms with Gasteiger partial charge in [-0.05, 0) is 57.3 Å². The molecule has 0 radical (unpaired) electrons. The van der Waals surface area contributed by atoms with Crippen LogP contribution in [0.15, 0.2) is 23.0 Å². The Bertz CT molecular complexity index is 805. The van der Waals surface area contributed by atoms with E-state index in [-0.39, 0.29) is 5.69 Å². The van der Waals surface area contributed by atoms with E-state index in [2.05, 4.69) is 20.0 Å². The van der Waals surface area contributed by atoms with Crippen LogP contribution in [0.1, 0.15) is 68.8 Å². The molecule has 2 aromatic rings. The highest BCUT2D eigenvalue weighted by molar-refractivity contribution is 5.22. The van der Waals surface area contributed by atoms with Crippen molar-refractivity contribution >= 4 is 0 Å². The van der Waals surface area contributed by atoms with E-state index in [1.54, 1.807) is 0 Å². The molecule has 0 bridgehead atoms. The second kappa shape index (κ2) is 8.38. The topological polar surface area (TPSA) is 66.8 Å². The van der Waals surface area contributed by atoms with E-state index < -0.39 is 0 Å². The molecule has 1 aliphatic carbocycles. The summed E-state index contributed by atoms with van der Waals surface area (Å²) in [5, 5.41) is 4.59. The summed E-state index contributed by atoms with van der Waals surface area (Å²) in [6, 6.07) is 5.66. The Kier molecular flexibility index (Phi) is 5.72. The van der Waals surface area contributed by atoms with Crippen molar-refractivity contribution in [3.05, 3.63) is 40.2 Å². The molecule has 0 unspecified atom stereocenters. The highest BCUT2D eigenvalue weighted by Gasteiger charge is 2.25. The predicted octanol–water partition coefficient (Wildman–Crippen LogP) is 3.41. The summed E-state index contributed by atoms with van der Waals surface area (Å²) in [7, 11) is 0. The van der Waals surface area contributed by atoms with E-state index in [0.29, 0.717) is 11.7 Å². The van der Waals surface area contributed by atoms with Gasteiger partial charge in [-0.15, -0.1) is 5.10 Å². The van der Waals surface area contributed by atoms with Crippen molar-refractivity contribution in [2.24, 2.45) is 5.92 Å². The average Bonchev–Trinajstić information content (AvgIpc) is 3.09. The van der Waals surface area contributed by atoms with Gasteiger partial charge in [-0.2, -0.15) is 4.68 Å². The van der Waals surface area contributed by atoms with E-state index in [4.69, 9.17) is 0 Å². The van der Waals surface area contributed by atoms with E-state index in [1.807, 2.05) is 25.1 Å². The van der Waals surface area contributed by atoms with Gasteiger partial charge in [0.15, 0.2) is 5.82 Å². The van der Waals surface area contributed by atoms with Gasteiger partial charge in [0.05, 0.1) is 0 Å². The molecule has 1 saturated heterocycles. The Morgan fingerprint density at radius 1 is 1.15 bits per heavy atom. The number of likely N-dealkylation sites (tertiary alicyclic amines) is 1. The first-order valence-corrected chi connectivity index (χ1v) is 10.5. The normalized spacial score (nSPS) is 22.2. The summed E-state index contributed by atoms with van der Waals surface area (Å²) in [6.45, 7) is 5.29. The molecule has 1 saturated carbocycles. The number of aryl methyl sites for hydroxylation is 1. The van der Waals surface area contributed by atoms with Crippen LogP contribution in [0, 0.1) is 12.8 Å². The van der Waals surface area contributed by atoms with Gasteiger partial charge in [0.1, 0.15) is 5.82 Å². The molecule has 146 valence electrons. The van der Waals surface area contributed by atoms with Crippen molar-refractivity contribution in [3.8, 4) is 5.82 Å². The van der Waals surface area contributed by atoms with Crippen LogP contribution in [0.25, 0.3) is 5.82 Å². The summed E-state index contributed by atoms with van der Waals surface area (Å²) in [5.41, 5.74) is 0.693. The maximum absolute atomic E-state index is 12.4. The van der Waals surface area contributed by atoms with Crippen LogP contribution < -0.4 is 5.69 Å². The minimum absolute atomic E-state index is 0.192. The fraction of sp³-hybridized carbons (Fsp3) is 0.667. The number of piperidine rings is 1. The number of aromatic nitrogens is 4. The van der Waals surface area contributed by atoms with Crippen LogP contribution in [0.2, 0.25) is 0 Å². The van der Waals surface area contributed by atoms with Crippen molar-refractivity contribution in [2.75, 3.05) is 19.6 Å². The Balaban J connectivity index is 1.41. The molecule has 2 fully saturated rings. The molecule has 6 heteroatoms. The van der Waals surface area contributed by atoms with Crippen LogP contribution in [-0.2, 0) is 0 Å². The first-order valence-electron chi connectivity index (χ1n) is 10.5. The third kappa shape index (κ3) is 4.49. The Morgan fingerprint density at radius 2 is 2.00 bits per heavy atom. The lowest BCUT2D eigenvalue weighted by atomic mass is 9.86. The zero-order valence-corrected chi connectivity index (χ0v) is 16.4. The SMILES string of the molecule is Cc1cccc(-n2nc([C@H]3CCCN(CCC4CCCCC4)C3)[nH]c2=O)n1. The molecule has 1 aliphatic heterocycles. The monoisotopic (exact) mass is 369 g/mol. The average molecular weight is 370 g/mol. The number of rotatable bonds is 5. The van der Waals surface area contributed by atoms with Gasteiger partial charge >= 0.3 is 5.69 Å². The first kappa shape index (κ1) is 18.4. The second-order valence-electron chi connectivity index (χ2n) is 8.30. The van der Waals surface area contributed by atoms with E-state index in [9.17, 15) is 4.79 Å². The number of nitrogens with zero attached hydrogens (tertiary/aromatic N) is 4. The molecule has 6 nitrogen and oxygen atoms in total. The van der Waals surface area contributed by atoms with Gasteiger partial charge in [-0.3, -0.25) is 4.98 Å². The van der Waals surface area contributed by atoms with Crippen LogP contribution in [0.3, 0.4) is 0 Å². The summed E-state index contributed by atoms with van der Waals surface area (Å²) < 4.78 is 1.41. The van der Waals surface area contributed by atoms with Crippen molar-refractivity contribution in [1.29, 1.82) is 0 Å². The number of nitrogens with one attached hydrogen (secondary N) is 1. The van der Waals surface area contributed by atoms with E-state index >= 15 is 0 Å². The Hall–Kier alpha value is -1.95. The summed E-state index contributed by atoms with van der Waals surface area (Å²) in [4.78, 5) is 22.4. The maximum atomic E-state index is 12.4. The van der Waals surface area contributed by atoms with Crippen LogP contribution in [0.5, 0.6) is 0 Å². The number of aromatic amines is 1.